The molecule has 23 heavy (non-hydrogen) atoms. The lowest BCUT2D eigenvalue weighted by atomic mass is 10.1. The standard InChI is InChI=1S/C18H20N4O/c1-12(2)10-18(23)19-14-6-9-16-17(11-14)21-22(20-16)15-7-4-13(3)5-8-15/h4-9,11-12H,10H2,1-3H3,(H,19,23). The van der Waals surface area contributed by atoms with Crippen LogP contribution in [0, 0.1) is 12.8 Å². The van der Waals surface area contributed by atoms with Gasteiger partial charge in [0.05, 0.1) is 5.69 Å². The number of hydrogen-bond acceptors (Lipinski definition) is 3. The van der Waals surface area contributed by atoms with Gasteiger partial charge >= 0.3 is 0 Å². The number of nitrogens with zero attached hydrogens (tertiary/aromatic N) is 3. The number of anilines is 1. The summed E-state index contributed by atoms with van der Waals surface area (Å²) < 4.78 is 0. The summed E-state index contributed by atoms with van der Waals surface area (Å²) >= 11 is 0. The maximum absolute atomic E-state index is 11.9. The fraction of sp³-hybridized carbons (Fsp3) is 0.278. The molecule has 0 aliphatic carbocycles. The topological polar surface area (TPSA) is 59.8 Å². The van der Waals surface area contributed by atoms with Crippen LogP contribution in [0.15, 0.2) is 42.5 Å². The first kappa shape index (κ1) is 15.2. The molecular formula is C18H20N4O. The lowest BCUT2D eigenvalue weighted by molar-refractivity contribution is -0.116. The van der Waals surface area contributed by atoms with Gasteiger partial charge in [-0.2, -0.15) is 4.80 Å². The lowest BCUT2D eigenvalue weighted by Crippen LogP contribution is -2.13. The monoisotopic (exact) mass is 308 g/mol. The van der Waals surface area contributed by atoms with E-state index in [0.29, 0.717) is 12.3 Å². The number of amides is 1. The molecule has 0 saturated heterocycles. The smallest absolute Gasteiger partial charge is 0.224 e. The Morgan fingerprint density at radius 2 is 1.78 bits per heavy atom. The van der Waals surface area contributed by atoms with E-state index >= 15 is 0 Å². The van der Waals surface area contributed by atoms with Crippen molar-refractivity contribution in [2.45, 2.75) is 27.2 Å². The van der Waals surface area contributed by atoms with Crippen molar-refractivity contribution in [3.8, 4) is 5.69 Å². The van der Waals surface area contributed by atoms with Gasteiger partial charge in [-0.1, -0.05) is 31.5 Å². The zero-order valence-corrected chi connectivity index (χ0v) is 13.6. The second kappa shape index (κ2) is 6.20. The average Bonchev–Trinajstić information content (AvgIpc) is 2.90. The largest absolute Gasteiger partial charge is 0.326 e. The van der Waals surface area contributed by atoms with Crippen LogP contribution in [-0.2, 0) is 4.79 Å². The second-order valence-electron chi connectivity index (χ2n) is 6.17. The molecular weight excluding hydrogens is 288 g/mol. The molecule has 5 heteroatoms. The van der Waals surface area contributed by atoms with Gasteiger partial charge in [0, 0.05) is 12.1 Å². The van der Waals surface area contributed by atoms with Crippen LogP contribution in [0.1, 0.15) is 25.8 Å². The third-order valence-corrected chi connectivity index (χ3v) is 3.52. The SMILES string of the molecule is Cc1ccc(-n2nc3ccc(NC(=O)CC(C)C)cc3n2)cc1. The van der Waals surface area contributed by atoms with E-state index < -0.39 is 0 Å². The van der Waals surface area contributed by atoms with E-state index in [0.717, 1.165) is 22.4 Å². The third kappa shape index (κ3) is 3.56. The minimum atomic E-state index is 0.0188. The van der Waals surface area contributed by atoms with Gasteiger partial charge in [-0.25, -0.2) is 0 Å². The number of aromatic nitrogens is 3. The Balaban J connectivity index is 1.86. The summed E-state index contributed by atoms with van der Waals surface area (Å²) in [5.41, 5.74) is 4.41. The van der Waals surface area contributed by atoms with E-state index in [1.165, 1.54) is 5.56 Å². The Morgan fingerprint density at radius 3 is 2.48 bits per heavy atom. The number of fused-ring (bicyclic) bond motifs is 1. The number of carbonyl (C=O) groups excluding carboxylic acids is 1. The zero-order chi connectivity index (χ0) is 16.4. The average molecular weight is 308 g/mol. The van der Waals surface area contributed by atoms with E-state index in [1.54, 1.807) is 4.80 Å². The van der Waals surface area contributed by atoms with Crippen molar-refractivity contribution < 1.29 is 4.79 Å². The van der Waals surface area contributed by atoms with Gasteiger partial charge in [-0.3, -0.25) is 4.79 Å². The highest BCUT2D eigenvalue weighted by molar-refractivity contribution is 5.93. The fourth-order valence-corrected chi connectivity index (χ4v) is 2.37. The van der Waals surface area contributed by atoms with Crippen LogP contribution in [0.5, 0.6) is 0 Å². The fourth-order valence-electron chi connectivity index (χ4n) is 2.37. The molecule has 0 aliphatic heterocycles. The summed E-state index contributed by atoms with van der Waals surface area (Å²) in [5.74, 6) is 0.353. The summed E-state index contributed by atoms with van der Waals surface area (Å²) in [6.45, 7) is 6.09. The lowest BCUT2D eigenvalue weighted by Gasteiger charge is -2.06. The minimum absolute atomic E-state index is 0.0188. The summed E-state index contributed by atoms with van der Waals surface area (Å²) in [6, 6.07) is 13.6. The number of hydrogen-bond donors (Lipinski definition) is 1. The predicted molar refractivity (Wildman–Crippen MR) is 91.7 cm³/mol. The molecule has 0 radical (unpaired) electrons. The van der Waals surface area contributed by atoms with Gasteiger partial charge < -0.3 is 5.32 Å². The van der Waals surface area contributed by atoms with Crippen LogP contribution in [-0.4, -0.2) is 20.9 Å². The molecule has 1 heterocycles. The Hall–Kier alpha value is -2.69. The Labute approximate surface area is 135 Å². The molecule has 0 bridgehead atoms. The highest BCUT2D eigenvalue weighted by Crippen LogP contribution is 2.18. The van der Waals surface area contributed by atoms with Gasteiger partial charge in [0.25, 0.3) is 0 Å². The van der Waals surface area contributed by atoms with E-state index in [-0.39, 0.29) is 5.91 Å². The van der Waals surface area contributed by atoms with Crippen LogP contribution >= 0.6 is 0 Å². The molecule has 1 aromatic heterocycles. The van der Waals surface area contributed by atoms with Crippen LogP contribution in [0.25, 0.3) is 16.7 Å². The highest BCUT2D eigenvalue weighted by Gasteiger charge is 2.08. The Morgan fingerprint density at radius 1 is 1.09 bits per heavy atom. The van der Waals surface area contributed by atoms with E-state index in [1.807, 2.05) is 63.2 Å². The molecule has 3 rings (SSSR count). The molecule has 0 spiro atoms. The maximum Gasteiger partial charge on any atom is 0.224 e. The van der Waals surface area contributed by atoms with Crippen LogP contribution in [0.2, 0.25) is 0 Å². The number of nitrogens with one attached hydrogen (secondary N) is 1. The van der Waals surface area contributed by atoms with Gasteiger partial charge in [0.2, 0.25) is 5.91 Å². The molecule has 0 fully saturated rings. The van der Waals surface area contributed by atoms with Crippen molar-refractivity contribution in [3.63, 3.8) is 0 Å². The minimum Gasteiger partial charge on any atom is -0.326 e. The maximum atomic E-state index is 11.9. The molecule has 1 N–H and O–H groups in total. The first-order chi connectivity index (χ1) is 11.0. The van der Waals surface area contributed by atoms with Crippen molar-refractivity contribution in [1.29, 1.82) is 0 Å². The molecule has 0 aliphatic rings. The summed E-state index contributed by atoms with van der Waals surface area (Å²) in [7, 11) is 0. The molecule has 0 saturated carbocycles. The Kier molecular flexibility index (Phi) is 4.10. The number of rotatable bonds is 4. The van der Waals surface area contributed by atoms with Gasteiger partial charge in [0.1, 0.15) is 11.0 Å². The third-order valence-electron chi connectivity index (χ3n) is 3.52. The molecule has 5 nitrogen and oxygen atoms in total. The molecule has 3 aromatic rings. The van der Waals surface area contributed by atoms with E-state index in [9.17, 15) is 4.79 Å². The van der Waals surface area contributed by atoms with Gasteiger partial charge in [0.15, 0.2) is 0 Å². The van der Waals surface area contributed by atoms with E-state index in [4.69, 9.17) is 0 Å². The summed E-state index contributed by atoms with van der Waals surface area (Å²) in [4.78, 5) is 13.5. The molecule has 1 amide bonds. The molecule has 118 valence electrons. The highest BCUT2D eigenvalue weighted by atomic mass is 16.1. The zero-order valence-electron chi connectivity index (χ0n) is 13.6. The van der Waals surface area contributed by atoms with Crippen LogP contribution in [0.3, 0.4) is 0 Å². The normalized spacial score (nSPS) is 11.1. The van der Waals surface area contributed by atoms with Crippen LogP contribution < -0.4 is 5.32 Å². The first-order valence-electron chi connectivity index (χ1n) is 7.75. The van der Waals surface area contributed by atoms with Gasteiger partial charge in [-0.15, -0.1) is 10.2 Å². The number of aryl methyl sites for hydroxylation is 1. The summed E-state index contributed by atoms with van der Waals surface area (Å²) in [6.07, 6.45) is 0.508. The number of benzene rings is 2. The van der Waals surface area contributed by atoms with Crippen molar-refractivity contribution >= 4 is 22.6 Å². The Bertz CT molecular complexity index is 834. The van der Waals surface area contributed by atoms with Gasteiger partial charge in [-0.05, 0) is 43.2 Å². The van der Waals surface area contributed by atoms with Crippen LogP contribution in [0.4, 0.5) is 5.69 Å². The second-order valence-corrected chi connectivity index (χ2v) is 6.17. The summed E-state index contributed by atoms with van der Waals surface area (Å²) in [5, 5.41) is 11.9. The van der Waals surface area contributed by atoms with E-state index in [2.05, 4.69) is 15.5 Å². The molecule has 2 aromatic carbocycles. The van der Waals surface area contributed by atoms with Crippen molar-refractivity contribution in [2.24, 2.45) is 5.92 Å². The molecule has 0 atom stereocenters. The quantitative estimate of drug-likeness (QED) is 0.799. The first-order valence-corrected chi connectivity index (χ1v) is 7.75. The number of carbonyl (C=O) groups is 1. The predicted octanol–water partition coefficient (Wildman–Crippen LogP) is 3.71. The van der Waals surface area contributed by atoms with Crippen molar-refractivity contribution in [1.82, 2.24) is 15.0 Å². The molecule has 0 unspecified atom stereocenters. The van der Waals surface area contributed by atoms with Crippen molar-refractivity contribution in [2.75, 3.05) is 5.32 Å². The van der Waals surface area contributed by atoms with Crippen molar-refractivity contribution in [3.05, 3.63) is 48.0 Å².